The van der Waals surface area contributed by atoms with Crippen molar-refractivity contribution in [2.45, 2.75) is 38.7 Å². The van der Waals surface area contributed by atoms with Crippen LogP contribution in [0.2, 0.25) is 0 Å². The Morgan fingerprint density at radius 3 is 2.80 bits per heavy atom. The maximum Gasteiger partial charge on any atom is 0.274 e. The molecule has 2 aromatic rings. The standard InChI is InChI=1S/C17H21N5O3/c1-10-7-19-14(8-18-10)17(23)22-5-3-15-13(9-22)12(4-6-24-15)16-21-20-11(2)25-16/h7-8,12-13,15H,3-6,9H2,1-2H3/t12-,13-,15-/m1/s1. The second kappa shape index (κ2) is 6.51. The minimum absolute atomic E-state index is 0.0861. The SMILES string of the molecule is Cc1cnc(C(=O)N2CC[C@H]3OCC[C@@H](c4nnc(C)o4)[C@H]3C2)cn1. The van der Waals surface area contributed by atoms with Crippen LogP contribution in [0.3, 0.4) is 0 Å². The molecule has 0 N–H and O–H groups in total. The Hall–Kier alpha value is -2.35. The molecule has 2 aromatic heterocycles. The highest BCUT2D eigenvalue weighted by molar-refractivity contribution is 5.92. The maximum atomic E-state index is 12.8. The number of aromatic nitrogens is 4. The van der Waals surface area contributed by atoms with Gasteiger partial charge in [0.25, 0.3) is 5.91 Å². The van der Waals surface area contributed by atoms with Crippen molar-refractivity contribution in [1.82, 2.24) is 25.1 Å². The predicted octanol–water partition coefficient (Wildman–Crippen LogP) is 1.51. The van der Waals surface area contributed by atoms with Gasteiger partial charge in [-0.3, -0.25) is 9.78 Å². The van der Waals surface area contributed by atoms with Gasteiger partial charge in [0.1, 0.15) is 5.69 Å². The number of fused-ring (bicyclic) bond motifs is 1. The molecule has 2 aliphatic heterocycles. The highest BCUT2D eigenvalue weighted by atomic mass is 16.5. The summed E-state index contributed by atoms with van der Waals surface area (Å²) in [6.45, 7) is 5.59. The van der Waals surface area contributed by atoms with Crippen molar-refractivity contribution in [1.29, 1.82) is 0 Å². The number of likely N-dealkylation sites (tertiary alicyclic amines) is 1. The second-order valence-electron chi connectivity index (χ2n) is 6.71. The van der Waals surface area contributed by atoms with E-state index in [1.807, 2.05) is 11.8 Å². The second-order valence-corrected chi connectivity index (χ2v) is 6.71. The van der Waals surface area contributed by atoms with E-state index in [-0.39, 0.29) is 23.8 Å². The van der Waals surface area contributed by atoms with Gasteiger partial charge in [0.2, 0.25) is 11.8 Å². The summed E-state index contributed by atoms with van der Waals surface area (Å²) in [6.07, 6.45) is 4.92. The fourth-order valence-corrected chi connectivity index (χ4v) is 3.73. The summed E-state index contributed by atoms with van der Waals surface area (Å²) in [5, 5.41) is 8.15. The van der Waals surface area contributed by atoms with E-state index in [4.69, 9.17) is 9.15 Å². The lowest BCUT2D eigenvalue weighted by Gasteiger charge is -2.43. The molecule has 8 heteroatoms. The normalized spacial score (nSPS) is 26.3. The number of piperidine rings is 1. The number of hydrogen-bond donors (Lipinski definition) is 0. The highest BCUT2D eigenvalue weighted by Gasteiger charge is 2.42. The van der Waals surface area contributed by atoms with Crippen molar-refractivity contribution in [3.63, 3.8) is 0 Å². The molecule has 0 spiro atoms. The first-order chi connectivity index (χ1) is 12.1. The molecule has 1 amide bonds. The van der Waals surface area contributed by atoms with Gasteiger partial charge >= 0.3 is 0 Å². The average Bonchev–Trinajstić information content (AvgIpc) is 3.07. The van der Waals surface area contributed by atoms with Gasteiger partial charge in [0.15, 0.2) is 0 Å². The number of aryl methyl sites for hydroxylation is 2. The van der Waals surface area contributed by atoms with E-state index < -0.39 is 0 Å². The van der Waals surface area contributed by atoms with Crippen LogP contribution in [-0.2, 0) is 4.74 Å². The Bertz CT molecular complexity index is 760. The first-order valence-electron chi connectivity index (χ1n) is 8.61. The topological polar surface area (TPSA) is 94.2 Å². The van der Waals surface area contributed by atoms with E-state index in [9.17, 15) is 4.79 Å². The van der Waals surface area contributed by atoms with Crippen LogP contribution in [-0.4, -0.2) is 56.8 Å². The third-order valence-corrected chi connectivity index (χ3v) is 5.02. The zero-order chi connectivity index (χ0) is 17.4. The monoisotopic (exact) mass is 343 g/mol. The Morgan fingerprint density at radius 1 is 1.20 bits per heavy atom. The van der Waals surface area contributed by atoms with Crippen LogP contribution in [0.15, 0.2) is 16.8 Å². The summed E-state index contributed by atoms with van der Waals surface area (Å²) in [5.41, 5.74) is 1.17. The van der Waals surface area contributed by atoms with Crippen LogP contribution < -0.4 is 0 Å². The van der Waals surface area contributed by atoms with Crippen LogP contribution >= 0.6 is 0 Å². The Morgan fingerprint density at radius 2 is 2.08 bits per heavy atom. The van der Waals surface area contributed by atoms with Gasteiger partial charge in [-0.2, -0.15) is 0 Å². The van der Waals surface area contributed by atoms with Gasteiger partial charge in [0, 0.05) is 44.7 Å². The van der Waals surface area contributed by atoms with E-state index in [0.29, 0.717) is 37.2 Å². The number of nitrogens with zero attached hydrogens (tertiary/aromatic N) is 5. The van der Waals surface area contributed by atoms with Crippen LogP contribution in [0, 0.1) is 19.8 Å². The van der Waals surface area contributed by atoms with Gasteiger partial charge in [-0.1, -0.05) is 0 Å². The number of carbonyl (C=O) groups excluding carboxylic acids is 1. The van der Waals surface area contributed by atoms with Crippen LogP contribution in [0.1, 0.15) is 46.7 Å². The summed E-state index contributed by atoms with van der Waals surface area (Å²) >= 11 is 0. The largest absolute Gasteiger partial charge is 0.425 e. The molecule has 2 fully saturated rings. The number of hydrogen-bond acceptors (Lipinski definition) is 7. The van der Waals surface area contributed by atoms with Gasteiger partial charge in [0.05, 0.1) is 18.0 Å². The first-order valence-corrected chi connectivity index (χ1v) is 8.61. The molecule has 2 saturated heterocycles. The Kier molecular flexibility index (Phi) is 4.20. The fraction of sp³-hybridized carbons (Fsp3) is 0.588. The van der Waals surface area contributed by atoms with Gasteiger partial charge in [-0.05, 0) is 19.8 Å². The number of amides is 1. The van der Waals surface area contributed by atoms with E-state index in [0.717, 1.165) is 18.5 Å². The molecule has 2 aliphatic rings. The highest BCUT2D eigenvalue weighted by Crippen LogP contribution is 2.39. The van der Waals surface area contributed by atoms with Crippen LogP contribution in [0.25, 0.3) is 0 Å². The zero-order valence-corrected chi connectivity index (χ0v) is 14.4. The minimum atomic E-state index is -0.0861. The molecule has 0 bridgehead atoms. The van der Waals surface area contributed by atoms with Crippen LogP contribution in [0.4, 0.5) is 0 Å². The molecule has 0 aromatic carbocycles. The smallest absolute Gasteiger partial charge is 0.274 e. The summed E-state index contributed by atoms with van der Waals surface area (Å²) in [6, 6.07) is 0. The number of ether oxygens (including phenoxy) is 1. The predicted molar refractivity (Wildman–Crippen MR) is 86.9 cm³/mol. The fourth-order valence-electron chi connectivity index (χ4n) is 3.73. The third-order valence-electron chi connectivity index (χ3n) is 5.02. The molecule has 0 radical (unpaired) electrons. The summed E-state index contributed by atoms with van der Waals surface area (Å²) in [7, 11) is 0. The molecular weight excluding hydrogens is 322 g/mol. The lowest BCUT2D eigenvalue weighted by molar-refractivity contribution is -0.0752. The molecule has 0 aliphatic carbocycles. The molecule has 4 rings (SSSR count). The molecule has 25 heavy (non-hydrogen) atoms. The van der Waals surface area contributed by atoms with E-state index >= 15 is 0 Å². The quantitative estimate of drug-likeness (QED) is 0.815. The molecule has 0 unspecified atom stereocenters. The van der Waals surface area contributed by atoms with Crippen molar-refractivity contribution >= 4 is 5.91 Å². The molecule has 4 heterocycles. The Labute approximate surface area is 145 Å². The van der Waals surface area contributed by atoms with Gasteiger partial charge < -0.3 is 14.1 Å². The van der Waals surface area contributed by atoms with E-state index in [2.05, 4.69) is 20.2 Å². The van der Waals surface area contributed by atoms with E-state index in [1.54, 1.807) is 19.3 Å². The Balaban J connectivity index is 1.54. The molecule has 3 atom stereocenters. The van der Waals surface area contributed by atoms with Crippen molar-refractivity contribution in [3.05, 3.63) is 35.6 Å². The first kappa shape index (κ1) is 16.1. The lowest BCUT2D eigenvalue weighted by atomic mass is 9.79. The van der Waals surface area contributed by atoms with Crippen molar-refractivity contribution in [2.75, 3.05) is 19.7 Å². The van der Waals surface area contributed by atoms with E-state index in [1.165, 1.54) is 0 Å². The van der Waals surface area contributed by atoms with Crippen molar-refractivity contribution in [2.24, 2.45) is 5.92 Å². The number of carbonyl (C=O) groups is 1. The van der Waals surface area contributed by atoms with Crippen LogP contribution in [0.5, 0.6) is 0 Å². The van der Waals surface area contributed by atoms with Gasteiger partial charge in [-0.15, -0.1) is 10.2 Å². The lowest BCUT2D eigenvalue weighted by Crippen LogP contribution is -2.51. The summed E-state index contributed by atoms with van der Waals surface area (Å²) in [5.74, 6) is 1.42. The molecule has 0 saturated carbocycles. The zero-order valence-electron chi connectivity index (χ0n) is 14.4. The number of rotatable bonds is 2. The average molecular weight is 343 g/mol. The maximum absolute atomic E-state index is 12.8. The molecular formula is C17H21N5O3. The summed E-state index contributed by atoms with van der Waals surface area (Å²) in [4.78, 5) is 23.0. The van der Waals surface area contributed by atoms with Crippen molar-refractivity contribution in [3.8, 4) is 0 Å². The third kappa shape index (κ3) is 3.13. The van der Waals surface area contributed by atoms with Gasteiger partial charge in [-0.25, -0.2) is 4.98 Å². The molecule has 132 valence electrons. The minimum Gasteiger partial charge on any atom is -0.425 e. The van der Waals surface area contributed by atoms with Crippen molar-refractivity contribution < 1.29 is 13.9 Å². The molecule has 8 nitrogen and oxygen atoms in total. The summed E-state index contributed by atoms with van der Waals surface area (Å²) < 4.78 is 11.6.